The van der Waals surface area contributed by atoms with Crippen molar-refractivity contribution in [3.8, 4) is 0 Å². The van der Waals surface area contributed by atoms with E-state index in [1.807, 2.05) is 30.3 Å². The Morgan fingerprint density at radius 1 is 1.06 bits per heavy atom. The third kappa shape index (κ3) is 2.74. The van der Waals surface area contributed by atoms with Gasteiger partial charge in [-0.3, -0.25) is 0 Å². The Kier molecular flexibility index (Phi) is 3.38. The molecule has 0 saturated carbocycles. The number of hydrogen-bond donors (Lipinski definition) is 1. The zero-order chi connectivity index (χ0) is 13.0. The van der Waals surface area contributed by atoms with Crippen molar-refractivity contribution in [3.63, 3.8) is 0 Å². The lowest BCUT2D eigenvalue weighted by atomic mass is 10.2. The van der Waals surface area contributed by atoms with Gasteiger partial charge >= 0.3 is 5.97 Å². The SMILES string of the molecule is O=C(O)c1ccc(/[N+]([O-])=C/c2ccccc2)cc1. The van der Waals surface area contributed by atoms with E-state index in [1.54, 1.807) is 0 Å². The standard InChI is InChI=1S/C14H11NO3/c16-14(17)12-6-8-13(9-7-12)15(18)10-11-4-2-1-3-5-11/h1-10H,(H,16,17)/b15-10-. The van der Waals surface area contributed by atoms with Crippen molar-refractivity contribution in [3.05, 3.63) is 70.9 Å². The third-order valence-electron chi connectivity index (χ3n) is 2.43. The lowest BCUT2D eigenvalue weighted by Crippen LogP contribution is -2.00. The molecule has 0 spiro atoms. The average Bonchev–Trinajstić information content (AvgIpc) is 2.40. The van der Waals surface area contributed by atoms with Gasteiger partial charge in [0.05, 0.1) is 5.56 Å². The Morgan fingerprint density at radius 3 is 2.22 bits per heavy atom. The van der Waals surface area contributed by atoms with Crippen LogP contribution in [0.3, 0.4) is 0 Å². The number of benzene rings is 2. The predicted octanol–water partition coefficient (Wildman–Crippen LogP) is 2.65. The number of carbonyl (C=O) groups is 1. The molecule has 0 amide bonds. The number of nitrogens with zero attached hydrogens (tertiary/aromatic N) is 1. The van der Waals surface area contributed by atoms with Gasteiger partial charge in [0.1, 0.15) is 0 Å². The summed E-state index contributed by atoms with van der Waals surface area (Å²) < 4.78 is 0.709. The highest BCUT2D eigenvalue weighted by molar-refractivity contribution is 5.87. The van der Waals surface area contributed by atoms with E-state index in [2.05, 4.69) is 0 Å². The Bertz CT molecular complexity index is 574. The van der Waals surface area contributed by atoms with Crippen LogP contribution < -0.4 is 0 Å². The molecule has 1 N–H and O–H groups in total. The van der Waals surface area contributed by atoms with Crippen LogP contribution in [0.5, 0.6) is 0 Å². The lowest BCUT2D eigenvalue weighted by molar-refractivity contribution is -0.354. The van der Waals surface area contributed by atoms with E-state index in [-0.39, 0.29) is 5.56 Å². The lowest BCUT2D eigenvalue weighted by Gasteiger charge is -2.03. The summed E-state index contributed by atoms with van der Waals surface area (Å²) in [4.78, 5) is 10.7. The van der Waals surface area contributed by atoms with Crippen molar-refractivity contribution < 1.29 is 14.6 Å². The molecule has 0 fully saturated rings. The first kappa shape index (κ1) is 11.9. The monoisotopic (exact) mass is 241 g/mol. The van der Waals surface area contributed by atoms with Gasteiger partial charge in [0, 0.05) is 17.7 Å². The number of carboxylic acid groups (broad SMARTS) is 1. The molecule has 2 aromatic carbocycles. The maximum atomic E-state index is 11.8. The molecule has 0 aliphatic carbocycles. The van der Waals surface area contributed by atoms with Crippen LogP contribution in [-0.2, 0) is 0 Å². The molecule has 4 heteroatoms. The highest BCUT2D eigenvalue weighted by Crippen LogP contribution is 2.12. The van der Waals surface area contributed by atoms with Crippen molar-refractivity contribution in [1.29, 1.82) is 0 Å². The van der Waals surface area contributed by atoms with Gasteiger partial charge in [-0.15, -0.1) is 0 Å². The Hall–Kier alpha value is -2.62. The predicted molar refractivity (Wildman–Crippen MR) is 68.3 cm³/mol. The van der Waals surface area contributed by atoms with Crippen molar-refractivity contribution in [2.45, 2.75) is 0 Å². The molecular formula is C14H11NO3. The first-order chi connectivity index (χ1) is 8.66. The molecule has 0 heterocycles. The summed E-state index contributed by atoms with van der Waals surface area (Å²) in [5, 5.41) is 20.6. The minimum absolute atomic E-state index is 0.159. The van der Waals surface area contributed by atoms with Gasteiger partial charge in [0.25, 0.3) is 0 Å². The van der Waals surface area contributed by atoms with Crippen LogP contribution in [-0.4, -0.2) is 22.0 Å². The van der Waals surface area contributed by atoms with Crippen LogP contribution in [0.1, 0.15) is 15.9 Å². The van der Waals surface area contributed by atoms with Gasteiger partial charge in [-0.05, 0) is 24.3 Å². The Morgan fingerprint density at radius 2 is 1.67 bits per heavy atom. The second kappa shape index (κ2) is 5.14. The van der Waals surface area contributed by atoms with Crippen molar-refractivity contribution in [2.24, 2.45) is 0 Å². The summed E-state index contributed by atoms with van der Waals surface area (Å²) in [6.45, 7) is 0. The molecule has 0 saturated heterocycles. The van der Waals surface area contributed by atoms with E-state index in [9.17, 15) is 10.0 Å². The van der Waals surface area contributed by atoms with Crippen molar-refractivity contribution in [1.82, 2.24) is 0 Å². The van der Waals surface area contributed by atoms with Gasteiger partial charge in [0.15, 0.2) is 6.21 Å². The Labute approximate surface area is 104 Å². The van der Waals surface area contributed by atoms with Gasteiger partial charge in [-0.25, -0.2) is 4.79 Å². The largest absolute Gasteiger partial charge is 0.618 e. The molecule has 2 rings (SSSR count). The Balaban J connectivity index is 2.26. The van der Waals surface area contributed by atoms with E-state index in [1.165, 1.54) is 30.5 Å². The van der Waals surface area contributed by atoms with Gasteiger partial charge in [-0.2, -0.15) is 4.74 Å². The molecule has 4 nitrogen and oxygen atoms in total. The summed E-state index contributed by atoms with van der Waals surface area (Å²) in [5.74, 6) is -1.01. The molecule has 0 atom stereocenters. The van der Waals surface area contributed by atoms with Gasteiger partial charge < -0.3 is 10.3 Å². The van der Waals surface area contributed by atoms with E-state index in [0.29, 0.717) is 10.4 Å². The number of carboxylic acids is 1. The molecule has 18 heavy (non-hydrogen) atoms. The fourth-order valence-corrected chi connectivity index (χ4v) is 1.50. The van der Waals surface area contributed by atoms with Crippen LogP contribution in [0.4, 0.5) is 5.69 Å². The molecule has 0 aliphatic rings. The van der Waals surface area contributed by atoms with Gasteiger partial charge in [-0.1, -0.05) is 18.2 Å². The number of aromatic carboxylic acids is 1. The number of rotatable bonds is 3. The minimum atomic E-state index is -1.01. The van der Waals surface area contributed by atoms with Crippen LogP contribution >= 0.6 is 0 Å². The zero-order valence-corrected chi connectivity index (χ0v) is 9.48. The highest BCUT2D eigenvalue weighted by Gasteiger charge is 2.05. The van der Waals surface area contributed by atoms with E-state index < -0.39 is 5.97 Å². The van der Waals surface area contributed by atoms with Gasteiger partial charge in [0.2, 0.25) is 5.69 Å². The smallest absolute Gasteiger partial charge is 0.335 e. The minimum Gasteiger partial charge on any atom is -0.618 e. The quantitative estimate of drug-likeness (QED) is 0.389. The highest BCUT2D eigenvalue weighted by atomic mass is 16.5. The van der Waals surface area contributed by atoms with Crippen LogP contribution in [0.25, 0.3) is 0 Å². The van der Waals surface area contributed by atoms with Crippen molar-refractivity contribution in [2.75, 3.05) is 0 Å². The summed E-state index contributed by atoms with van der Waals surface area (Å²) in [6, 6.07) is 15.0. The topological polar surface area (TPSA) is 63.4 Å². The molecule has 0 aromatic heterocycles. The van der Waals surface area contributed by atoms with Crippen molar-refractivity contribution >= 4 is 17.9 Å². The summed E-state index contributed by atoms with van der Waals surface area (Å²) in [6.07, 6.45) is 1.44. The molecule has 0 bridgehead atoms. The third-order valence-corrected chi connectivity index (χ3v) is 2.43. The molecule has 90 valence electrons. The summed E-state index contributed by atoms with van der Waals surface area (Å²) in [7, 11) is 0. The maximum Gasteiger partial charge on any atom is 0.335 e. The average molecular weight is 241 g/mol. The second-order valence-corrected chi connectivity index (χ2v) is 3.72. The van der Waals surface area contributed by atoms with Crippen LogP contribution in [0.15, 0.2) is 54.6 Å². The van der Waals surface area contributed by atoms with E-state index in [4.69, 9.17) is 5.11 Å². The summed E-state index contributed by atoms with van der Waals surface area (Å²) >= 11 is 0. The first-order valence-electron chi connectivity index (χ1n) is 5.36. The fourth-order valence-electron chi connectivity index (χ4n) is 1.50. The molecule has 0 radical (unpaired) electrons. The summed E-state index contributed by atoms with van der Waals surface area (Å²) in [5.41, 5.74) is 1.34. The van der Waals surface area contributed by atoms with E-state index >= 15 is 0 Å². The fraction of sp³-hybridized carbons (Fsp3) is 0. The second-order valence-electron chi connectivity index (χ2n) is 3.72. The molecular weight excluding hydrogens is 230 g/mol. The molecule has 2 aromatic rings. The van der Waals surface area contributed by atoms with Crippen LogP contribution in [0.2, 0.25) is 0 Å². The maximum absolute atomic E-state index is 11.8. The zero-order valence-electron chi connectivity index (χ0n) is 9.48. The first-order valence-corrected chi connectivity index (χ1v) is 5.36. The van der Waals surface area contributed by atoms with Crippen LogP contribution in [0, 0.1) is 5.21 Å². The van der Waals surface area contributed by atoms with E-state index in [0.717, 1.165) is 5.56 Å². The normalized spacial score (nSPS) is 11.2. The number of hydrogen-bond acceptors (Lipinski definition) is 2. The molecule has 0 aliphatic heterocycles. The molecule has 0 unspecified atom stereocenters.